The largest absolute Gasteiger partial charge is 0.271 e. The molecule has 0 radical (unpaired) electrons. The Balaban J connectivity index is 2.26. The highest BCUT2D eigenvalue weighted by Gasteiger charge is 2.13. The molecule has 19 heavy (non-hydrogen) atoms. The number of aryl methyl sites for hydroxylation is 2. The standard InChI is InChI=1S/C16H21N3/c1-3-5-13-8-10-14(11-9-13)16(19-17)15-7-4-6-12(2)18-15/h4,6-11,16,19H,3,5,17H2,1-2H3. The van der Waals surface area contributed by atoms with E-state index in [9.17, 15) is 0 Å². The summed E-state index contributed by atoms with van der Waals surface area (Å²) >= 11 is 0. The van der Waals surface area contributed by atoms with Crippen molar-refractivity contribution >= 4 is 0 Å². The molecule has 1 atom stereocenters. The number of hydrogen-bond acceptors (Lipinski definition) is 3. The van der Waals surface area contributed by atoms with Crippen LogP contribution in [-0.2, 0) is 6.42 Å². The van der Waals surface area contributed by atoms with E-state index in [4.69, 9.17) is 5.84 Å². The second kappa shape index (κ2) is 6.45. The van der Waals surface area contributed by atoms with Gasteiger partial charge < -0.3 is 0 Å². The van der Waals surface area contributed by atoms with Crippen LogP contribution in [0.3, 0.4) is 0 Å². The number of pyridine rings is 1. The molecule has 1 unspecified atom stereocenters. The van der Waals surface area contributed by atoms with Gasteiger partial charge in [0, 0.05) is 5.69 Å². The lowest BCUT2D eigenvalue weighted by molar-refractivity contribution is 0.619. The second-order valence-corrected chi connectivity index (χ2v) is 4.80. The monoisotopic (exact) mass is 255 g/mol. The van der Waals surface area contributed by atoms with Crippen molar-refractivity contribution in [3.63, 3.8) is 0 Å². The maximum atomic E-state index is 5.69. The van der Waals surface area contributed by atoms with Crippen molar-refractivity contribution < 1.29 is 0 Å². The van der Waals surface area contributed by atoms with E-state index >= 15 is 0 Å². The van der Waals surface area contributed by atoms with E-state index in [0.29, 0.717) is 0 Å². The summed E-state index contributed by atoms with van der Waals surface area (Å²) in [7, 11) is 0. The molecule has 0 aliphatic heterocycles. The molecule has 100 valence electrons. The first-order valence-electron chi connectivity index (χ1n) is 6.73. The van der Waals surface area contributed by atoms with E-state index in [0.717, 1.165) is 29.8 Å². The van der Waals surface area contributed by atoms with Crippen molar-refractivity contribution in [3.05, 3.63) is 65.0 Å². The van der Waals surface area contributed by atoms with Crippen LogP contribution in [0.25, 0.3) is 0 Å². The Kier molecular flexibility index (Phi) is 4.66. The summed E-state index contributed by atoms with van der Waals surface area (Å²) in [5, 5.41) is 0. The molecule has 0 aliphatic rings. The topological polar surface area (TPSA) is 50.9 Å². The molecule has 0 saturated heterocycles. The van der Waals surface area contributed by atoms with Crippen molar-refractivity contribution in [3.8, 4) is 0 Å². The molecule has 3 heteroatoms. The van der Waals surface area contributed by atoms with Gasteiger partial charge in [0.15, 0.2) is 0 Å². The van der Waals surface area contributed by atoms with Crippen molar-refractivity contribution in [1.29, 1.82) is 0 Å². The molecule has 1 aromatic carbocycles. The van der Waals surface area contributed by atoms with Gasteiger partial charge in [0.1, 0.15) is 0 Å². The number of hydrogen-bond donors (Lipinski definition) is 2. The number of hydrazine groups is 1. The number of nitrogens with one attached hydrogen (secondary N) is 1. The third-order valence-electron chi connectivity index (χ3n) is 3.22. The smallest absolute Gasteiger partial charge is 0.0881 e. The van der Waals surface area contributed by atoms with Crippen molar-refractivity contribution in [2.75, 3.05) is 0 Å². The number of rotatable bonds is 5. The lowest BCUT2D eigenvalue weighted by Gasteiger charge is -2.16. The number of nitrogens with zero attached hydrogens (tertiary/aromatic N) is 1. The molecule has 0 saturated carbocycles. The minimum atomic E-state index is -0.0597. The summed E-state index contributed by atoms with van der Waals surface area (Å²) in [5.74, 6) is 5.69. The number of aromatic nitrogens is 1. The van der Waals surface area contributed by atoms with Crippen LogP contribution >= 0.6 is 0 Å². The average Bonchev–Trinajstić information content (AvgIpc) is 2.42. The number of nitrogens with two attached hydrogens (primary N) is 1. The fourth-order valence-corrected chi connectivity index (χ4v) is 2.24. The van der Waals surface area contributed by atoms with E-state index in [1.54, 1.807) is 0 Å². The normalized spacial score (nSPS) is 12.4. The van der Waals surface area contributed by atoms with E-state index in [1.807, 2.05) is 25.1 Å². The highest BCUT2D eigenvalue weighted by Crippen LogP contribution is 2.20. The zero-order chi connectivity index (χ0) is 13.7. The Morgan fingerprint density at radius 3 is 2.47 bits per heavy atom. The van der Waals surface area contributed by atoms with Crippen LogP contribution in [0.1, 0.15) is 41.9 Å². The van der Waals surface area contributed by atoms with Gasteiger partial charge in [-0.05, 0) is 36.6 Å². The quantitative estimate of drug-likeness (QED) is 0.638. The van der Waals surface area contributed by atoms with Crippen molar-refractivity contribution in [2.45, 2.75) is 32.7 Å². The Labute approximate surface area is 114 Å². The second-order valence-electron chi connectivity index (χ2n) is 4.80. The number of benzene rings is 1. The van der Waals surface area contributed by atoms with Crippen molar-refractivity contribution in [1.82, 2.24) is 10.4 Å². The van der Waals surface area contributed by atoms with Gasteiger partial charge in [-0.15, -0.1) is 0 Å². The SMILES string of the molecule is CCCc1ccc(C(NN)c2cccc(C)n2)cc1. The molecule has 2 rings (SSSR count). The predicted octanol–water partition coefficient (Wildman–Crippen LogP) is 2.90. The predicted molar refractivity (Wildman–Crippen MR) is 78.6 cm³/mol. The lowest BCUT2D eigenvalue weighted by atomic mass is 10.0. The molecule has 0 aliphatic carbocycles. The highest BCUT2D eigenvalue weighted by molar-refractivity contribution is 5.31. The van der Waals surface area contributed by atoms with Gasteiger partial charge in [0.2, 0.25) is 0 Å². The van der Waals surface area contributed by atoms with Crippen LogP contribution in [-0.4, -0.2) is 4.98 Å². The van der Waals surface area contributed by atoms with Crippen LogP contribution in [0.4, 0.5) is 0 Å². The first kappa shape index (κ1) is 13.7. The van der Waals surface area contributed by atoms with E-state index < -0.39 is 0 Å². The molecule has 0 fully saturated rings. The summed E-state index contributed by atoms with van der Waals surface area (Å²) in [6.07, 6.45) is 2.28. The molecule has 2 aromatic rings. The first-order chi connectivity index (χ1) is 9.24. The van der Waals surface area contributed by atoms with E-state index in [2.05, 4.69) is 41.6 Å². The summed E-state index contributed by atoms with van der Waals surface area (Å²) in [6, 6.07) is 14.5. The van der Waals surface area contributed by atoms with Gasteiger partial charge in [-0.1, -0.05) is 43.7 Å². The maximum absolute atomic E-state index is 5.69. The van der Waals surface area contributed by atoms with E-state index in [-0.39, 0.29) is 6.04 Å². The first-order valence-corrected chi connectivity index (χ1v) is 6.73. The van der Waals surface area contributed by atoms with Gasteiger partial charge in [0.05, 0.1) is 11.7 Å². The Bertz CT molecular complexity index is 520. The molecular weight excluding hydrogens is 234 g/mol. The minimum Gasteiger partial charge on any atom is -0.271 e. The van der Waals surface area contributed by atoms with Crippen LogP contribution in [0.5, 0.6) is 0 Å². The summed E-state index contributed by atoms with van der Waals surface area (Å²) in [5.41, 5.74) is 7.30. The van der Waals surface area contributed by atoms with Crippen LogP contribution < -0.4 is 11.3 Å². The summed E-state index contributed by atoms with van der Waals surface area (Å²) in [4.78, 5) is 4.54. The molecule has 0 amide bonds. The van der Waals surface area contributed by atoms with Gasteiger partial charge in [-0.3, -0.25) is 10.8 Å². The Morgan fingerprint density at radius 2 is 1.89 bits per heavy atom. The highest BCUT2D eigenvalue weighted by atomic mass is 15.2. The van der Waals surface area contributed by atoms with Crippen molar-refractivity contribution in [2.24, 2.45) is 5.84 Å². The zero-order valence-electron chi connectivity index (χ0n) is 11.6. The Morgan fingerprint density at radius 1 is 1.16 bits per heavy atom. The van der Waals surface area contributed by atoms with Crippen LogP contribution in [0.15, 0.2) is 42.5 Å². The van der Waals surface area contributed by atoms with Gasteiger partial charge >= 0.3 is 0 Å². The molecule has 3 N–H and O–H groups in total. The van der Waals surface area contributed by atoms with Gasteiger partial charge in [0.25, 0.3) is 0 Å². The van der Waals surface area contributed by atoms with Crippen LogP contribution in [0.2, 0.25) is 0 Å². The molecule has 1 heterocycles. The molecule has 0 spiro atoms. The zero-order valence-corrected chi connectivity index (χ0v) is 11.6. The fourth-order valence-electron chi connectivity index (χ4n) is 2.24. The van der Waals surface area contributed by atoms with Crippen LogP contribution in [0, 0.1) is 6.92 Å². The fraction of sp³-hybridized carbons (Fsp3) is 0.312. The maximum Gasteiger partial charge on any atom is 0.0881 e. The molecule has 3 nitrogen and oxygen atoms in total. The summed E-state index contributed by atoms with van der Waals surface area (Å²) < 4.78 is 0. The molecular formula is C16H21N3. The summed E-state index contributed by atoms with van der Waals surface area (Å²) in [6.45, 7) is 4.18. The average molecular weight is 255 g/mol. The molecule has 1 aromatic heterocycles. The molecule has 0 bridgehead atoms. The lowest BCUT2D eigenvalue weighted by Crippen LogP contribution is -2.29. The Hall–Kier alpha value is -1.71. The van der Waals surface area contributed by atoms with E-state index in [1.165, 1.54) is 5.56 Å². The van der Waals surface area contributed by atoms with Gasteiger partial charge in [-0.2, -0.15) is 0 Å². The minimum absolute atomic E-state index is 0.0597. The third-order valence-corrected chi connectivity index (χ3v) is 3.22. The van der Waals surface area contributed by atoms with Gasteiger partial charge in [-0.25, -0.2) is 5.43 Å². The third kappa shape index (κ3) is 3.40.